The summed E-state index contributed by atoms with van der Waals surface area (Å²) in [6.45, 7) is 3.06. The predicted octanol–water partition coefficient (Wildman–Crippen LogP) is 1.29. The van der Waals surface area contributed by atoms with Gasteiger partial charge in [0.15, 0.2) is 0 Å². The van der Waals surface area contributed by atoms with E-state index in [0.29, 0.717) is 19.6 Å². The molecule has 3 heterocycles. The minimum atomic E-state index is 0.000417. The largest absolute Gasteiger partial charge is 0.379 e. The van der Waals surface area contributed by atoms with E-state index in [9.17, 15) is 4.79 Å². The molecule has 0 radical (unpaired) electrons. The Labute approximate surface area is 128 Å². The summed E-state index contributed by atoms with van der Waals surface area (Å²) in [5, 5.41) is 6.95. The second kappa shape index (κ2) is 6.70. The van der Waals surface area contributed by atoms with Crippen molar-refractivity contribution in [1.29, 1.82) is 0 Å². The van der Waals surface area contributed by atoms with Crippen molar-refractivity contribution in [3.05, 3.63) is 47.6 Å². The van der Waals surface area contributed by atoms with E-state index < -0.39 is 0 Å². The molecule has 6 nitrogen and oxygen atoms in total. The highest BCUT2D eigenvalue weighted by atomic mass is 16.5. The van der Waals surface area contributed by atoms with E-state index in [0.717, 1.165) is 23.4 Å². The van der Waals surface area contributed by atoms with Gasteiger partial charge in [0.2, 0.25) is 5.91 Å². The number of hydrogen-bond donors (Lipinski definition) is 1. The first kappa shape index (κ1) is 14.7. The van der Waals surface area contributed by atoms with Crippen molar-refractivity contribution in [2.75, 3.05) is 13.2 Å². The highest BCUT2D eigenvalue weighted by Crippen LogP contribution is 2.20. The normalized spacial score (nSPS) is 21.0. The van der Waals surface area contributed by atoms with E-state index in [-0.39, 0.29) is 17.9 Å². The second-order valence-corrected chi connectivity index (χ2v) is 5.64. The summed E-state index contributed by atoms with van der Waals surface area (Å²) in [5.74, 6) is 1.05. The number of nitrogens with zero attached hydrogens (tertiary/aromatic N) is 2. The van der Waals surface area contributed by atoms with Crippen LogP contribution in [-0.2, 0) is 22.4 Å². The first-order chi connectivity index (χ1) is 10.7. The van der Waals surface area contributed by atoms with Gasteiger partial charge in [0.25, 0.3) is 0 Å². The van der Waals surface area contributed by atoms with Crippen molar-refractivity contribution in [3.8, 4) is 0 Å². The number of ether oxygens (including phenoxy) is 1. The standard InChI is InChI=1S/C16H19N3O3/c1-11-6-14(22-19-11)8-13-9-21-10-15(13)18-16(20)7-12-2-4-17-5-3-12/h2-6,13,15H,7-10H2,1H3,(H,18,20)/t13-,15+/m1/s1. The lowest BCUT2D eigenvalue weighted by molar-refractivity contribution is -0.121. The lowest BCUT2D eigenvalue weighted by Gasteiger charge is -2.18. The molecule has 0 bridgehead atoms. The number of pyridine rings is 1. The number of carbonyl (C=O) groups is 1. The zero-order valence-corrected chi connectivity index (χ0v) is 12.5. The number of carbonyl (C=O) groups excluding carboxylic acids is 1. The molecule has 1 fully saturated rings. The van der Waals surface area contributed by atoms with Crippen molar-refractivity contribution in [1.82, 2.24) is 15.5 Å². The van der Waals surface area contributed by atoms with Gasteiger partial charge < -0.3 is 14.6 Å². The molecule has 2 atom stereocenters. The molecule has 116 valence electrons. The second-order valence-electron chi connectivity index (χ2n) is 5.64. The van der Waals surface area contributed by atoms with Crippen LogP contribution in [0, 0.1) is 12.8 Å². The summed E-state index contributed by atoms with van der Waals surface area (Å²) in [7, 11) is 0. The molecule has 1 amide bonds. The Bertz CT molecular complexity index is 627. The van der Waals surface area contributed by atoms with Crippen LogP contribution in [-0.4, -0.2) is 35.3 Å². The molecule has 0 aromatic carbocycles. The zero-order chi connectivity index (χ0) is 15.4. The molecule has 3 rings (SSSR count). The number of hydrogen-bond acceptors (Lipinski definition) is 5. The maximum Gasteiger partial charge on any atom is 0.224 e. The van der Waals surface area contributed by atoms with Crippen LogP contribution in [0.4, 0.5) is 0 Å². The van der Waals surface area contributed by atoms with E-state index in [1.807, 2.05) is 25.1 Å². The van der Waals surface area contributed by atoms with E-state index in [4.69, 9.17) is 9.26 Å². The van der Waals surface area contributed by atoms with Crippen LogP contribution in [0.25, 0.3) is 0 Å². The fourth-order valence-corrected chi connectivity index (χ4v) is 2.67. The molecule has 22 heavy (non-hydrogen) atoms. The molecule has 0 saturated carbocycles. The first-order valence-corrected chi connectivity index (χ1v) is 7.39. The van der Waals surface area contributed by atoms with Crippen LogP contribution in [0.15, 0.2) is 35.1 Å². The summed E-state index contributed by atoms with van der Waals surface area (Å²) in [6, 6.07) is 5.63. The quantitative estimate of drug-likeness (QED) is 0.900. The summed E-state index contributed by atoms with van der Waals surface area (Å²) in [4.78, 5) is 16.1. The van der Waals surface area contributed by atoms with E-state index >= 15 is 0 Å². The molecule has 1 aliphatic heterocycles. The van der Waals surface area contributed by atoms with Gasteiger partial charge in [0, 0.05) is 30.8 Å². The third-order valence-corrected chi connectivity index (χ3v) is 3.80. The van der Waals surface area contributed by atoms with Crippen LogP contribution in [0.3, 0.4) is 0 Å². The monoisotopic (exact) mass is 301 g/mol. The smallest absolute Gasteiger partial charge is 0.224 e. The third-order valence-electron chi connectivity index (χ3n) is 3.80. The van der Waals surface area contributed by atoms with Crippen LogP contribution in [0.2, 0.25) is 0 Å². The summed E-state index contributed by atoms with van der Waals surface area (Å²) in [5.41, 5.74) is 1.82. The van der Waals surface area contributed by atoms with Gasteiger partial charge in [-0.15, -0.1) is 0 Å². The van der Waals surface area contributed by atoms with E-state index in [1.165, 1.54) is 0 Å². The Morgan fingerprint density at radius 2 is 2.18 bits per heavy atom. The topological polar surface area (TPSA) is 77.2 Å². The van der Waals surface area contributed by atoms with Crippen molar-refractivity contribution in [2.24, 2.45) is 5.92 Å². The van der Waals surface area contributed by atoms with Gasteiger partial charge in [-0.1, -0.05) is 5.16 Å². The van der Waals surface area contributed by atoms with Gasteiger partial charge in [0.1, 0.15) is 5.76 Å². The van der Waals surface area contributed by atoms with Crippen LogP contribution in [0.5, 0.6) is 0 Å². The molecule has 1 N–H and O–H groups in total. The average molecular weight is 301 g/mol. The zero-order valence-electron chi connectivity index (χ0n) is 12.5. The fourth-order valence-electron chi connectivity index (χ4n) is 2.67. The molecule has 0 aliphatic carbocycles. The number of aromatic nitrogens is 2. The SMILES string of the molecule is Cc1cc(C[C@@H]2COC[C@@H]2NC(=O)Cc2ccncc2)on1. The van der Waals surface area contributed by atoms with Crippen molar-refractivity contribution < 1.29 is 14.1 Å². The first-order valence-electron chi connectivity index (χ1n) is 7.39. The van der Waals surface area contributed by atoms with Crippen molar-refractivity contribution >= 4 is 5.91 Å². The van der Waals surface area contributed by atoms with Gasteiger partial charge >= 0.3 is 0 Å². The molecule has 6 heteroatoms. The highest BCUT2D eigenvalue weighted by Gasteiger charge is 2.30. The Kier molecular flexibility index (Phi) is 4.48. The van der Waals surface area contributed by atoms with Gasteiger partial charge in [-0.25, -0.2) is 0 Å². The Morgan fingerprint density at radius 1 is 1.36 bits per heavy atom. The molecule has 1 saturated heterocycles. The van der Waals surface area contributed by atoms with Crippen molar-refractivity contribution in [2.45, 2.75) is 25.8 Å². The molecule has 2 aromatic rings. The number of rotatable bonds is 5. The minimum absolute atomic E-state index is 0.000417. The highest BCUT2D eigenvalue weighted by molar-refractivity contribution is 5.78. The third kappa shape index (κ3) is 3.71. The maximum absolute atomic E-state index is 12.1. The van der Waals surface area contributed by atoms with Crippen molar-refractivity contribution in [3.63, 3.8) is 0 Å². The van der Waals surface area contributed by atoms with Gasteiger partial charge in [-0.3, -0.25) is 9.78 Å². The summed E-state index contributed by atoms with van der Waals surface area (Å²) < 4.78 is 10.8. The van der Waals surface area contributed by atoms with E-state index in [2.05, 4.69) is 15.5 Å². The lowest BCUT2D eigenvalue weighted by Crippen LogP contribution is -2.41. The maximum atomic E-state index is 12.1. The molecule has 2 aromatic heterocycles. The minimum Gasteiger partial charge on any atom is -0.379 e. The summed E-state index contributed by atoms with van der Waals surface area (Å²) >= 11 is 0. The van der Waals surface area contributed by atoms with E-state index in [1.54, 1.807) is 12.4 Å². The fraction of sp³-hybridized carbons (Fsp3) is 0.438. The van der Waals surface area contributed by atoms with Gasteiger partial charge in [-0.2, -0.15) is 0 Å². The Hall–Kier alpha value is -2.21. The van der Waals surface area contributed by atoms with Crippen LogP contribution in [0.1, 0.15) is 17.0 Å². The van der Waals surface area contributed by atoms with Gasteiger partial charge in [0.05, 0.1) is 31.4 Å². The predicted molar refractivity (Wildman–Crippen MR) is 79.1 cm³/mol. The molecule has 0 spiro atoms. The van der Waals surface area contributed by atoms with Crippen LogP contribution >= 0.6 is 0 Å². The lowest BCUT2D eigenvalue weighted by atomic mass is 9.98. The molecule has 0 unspecified atom stereocenters. The summed E-state index contributed by atoms with van der Waals surface area (Å²) in [6.07, 6.45) is 4.46. The molecular weight excluding hydrogens is 282 g/mol. The average Bonchev–Trinajstić information content (AvgIpc) is 3.10. The molecular formula is C16H19N3O3. The molecule has 1 aliphatic rings. The number of amides is 1. The number of aryl methyl sites for hydroxylation is 1. The Balaban J connectivity index is 1.55. The van der Waals surface area contributed by atoms with Crippen LogP contribution < -0.4 is 5.32 Å². The Morgan fingerprint density at radius 3 is 2.91 bits per heavy atom. The van der Waals surface area contributed by atoms with Gasteiger partial charge in [-0.05, 0) is 24.6 Å². The number of nitrogens with one attached hydrogen (secondary N) is 1.